The molecular formula is C76H113ClN8O23P2. The third-order valence-electron chi connectivity index (χ3n) is 21.1. The van der Waals surface area contributed by atoms with E-state index in [-0.39, 0.29) is 150 Å². The highest BCUT2D eigenvalue weighted by atomic mass is 35.5. The molecule has 0 spiro atoms. The zero-order valence-electron chi connectivity index (χ0n) is 62.8. The number of halogens is 1. The van der Waals surface area contributed by atoms with Gasteiger partial charge in [-0.15, -0.1) is 11.6 Å². The van der Waals surface area contributed by atoms with Crippen LogP contribution in [0.3, 0.4) is 0 Å². The molecule has 2 fully saturated rings. The van der Waals surface area contributed by atoms with Crippen LogP contribution in [-0.2, 0) is 76.3 Å². The van der Waals surface area contributed by atoms with E-state index in [0.717, 1.165) is 5.56 Å². The number of carbonyl (C=O) groups excluding carboxylic acids is 1. The molecule has 0 aliphatic carbocycles. The van der Waals surface area contributed by atoms with Gasteiger partial charge in [-0.2, -0.15) is 0 Å². The predicted molar refractivity (Wildman–Crippen MR) is 412 cm³/mol. The Bertz CT molecular complexity index is 3410. The van der Waals surface area contributed by atoms with E-state index in [1.54, 1.807) is 60.7 Å². The van der Waals surface area contributed by atoms with Crippen LogP contribution in [-0.4, -0.2) is 312 Å². The molecule has 1 amide bonds. The van der Waals surface area contributed by atoms with Crippen LogP contribution >= 0.6 is 29.0 Å². The SMILES string of the molecule is CC(C(=O)O)C(CC(C(=O)O)C(C(=O)O)C(CC(C(=O)O)C(C(=O)N1CCCN(CCC(=O)O)CCN(CCC(=O)O)CCCN(CCC(=O)O)CC1)C(COPP)c1ccc(CO)cc1)c1ccc(CCl)cc1)c1ccc(CN2CCCN(CCC(=O)O)CCN(CCC(=O)O)CCCN(CCC(=O)O)CC2)cc1. The topological polar surface area (TPSA) is 445 Å². The minimum atomic E-state index is -2.04. The second-order valence-corrected chi connectivity index (χ2v) is 30.1. The fourth-order valence-corrected chi connectivity index (χ4v) is 15.5. The lowest BCUT2D eigenvalue weighted by Gasteiger charge is -2.39. The van der Waals surface area contributed by atoms with Crippen molar-refractivity contribution in [3.8, 4) is 0 Å². The van der Waals surface area contributed by atoms with Crippen molar-refractivity contribution in [2.75, 3.05) is 151 Å². The Kier molecular flexibility index (Phi) is 42.3. The fraction of sp³-hybridized carbons (Fsp3) is 0.618. The molecule has 2 heterocycles. The van der Waals surface area contributed by atoms with Crippen LogP contribution in [0.2, 0.25) is 0 Å². The van der Waals surface area contributed by atoms with E-state index in [1.165, 1.54) is 24.0 Å². The maximum absolute atomic E-state index is 16.5. The third kappa shape index (κ3) is 33.5. The van der Waals surface area contributed by atoms with E-state index in [9.17, 15) is 104 Å². The van der Waals surface area contributed by atoms with Crippen molar-refractivity contribution in [2.24, 2.45) is 29.6 Å². The Morgan fingerprint density at radius 3 is 1.05 bits per heavy atom. The van der Waals surface area contributed by atoms with Gasteiger partial charge in [-0.1, -0.05) is 88.6 Å². The number of hydrogen-bond acceptors (Lipinski definition) is 20. The normalized spacial score (nSPS) is 18.5. The van der Waals surface area contributed by atoms with Crippen molar-refractivity contribution >= 4 is 94.6 Å². The highest BCUT2D eigenvalue weighted by Gasteiger charge is 2.49. The number of carboxylic acid groups (broad SMARTS) is 10. The number of hydrogen-bond donors (Lipinski definition) is 11. The first-order chi connectivity index (χ1) is 52.5. The number of benzene rings is 3. The van der Waals surface area contributed by atoms with Gasteiger partial charge >= 0.3 is 59.7 Å². The van der Waals surface area contributed by atoms with E-state index in [2.05, 4.69) is 13.8 Å². The van der Waals surface area contributed by atoms with Gasteiger partial charge in [-0.25, -0.2) is 0 Å². The van der Waals surface area contributed by atoms with Gasteiger partial charge in [0.25, 0.3) is 0 Å². The molecular weight excluding hydrogens is 1490 g/mol. The van der Waals surface area contributed by atoms with E-state index >= 15 is 4.79 Å². The first-order valence-electron chi connectivity index (χ1n) is 37.6. The molecule has 0 saturated carbocycles. The molecule has 2 saturated heterocycles. The molecule has 3 aromatic carbocycles. The van der Waals surface area contributed by atoms with Crippen molar-refractivity contribution in [2.45, 2.75) is 121 Å². The summed E-state index contributed by atoms with van der Waals surface area (Å²) >= 11 is 6.32. The van der Waals surface area contributed by atoms with E-state index in [4.69, 9.17) is 16.1 Å². The molecule has 31 nitrogen and oxygen atoms in total. The second-order valence-electron chi connectivity index (χ2n) is 28.6. The minimum Gasteiger partial charge on any atom is -0.481 e. The van der Waals surface area contributed by atoms with Crippen molar-refractivity contribution in [3.63, 3.8) is 0 Å². The fourth-order valence-electron chi connectivity index (χ4n) is 14.8. The molecule has 5 rings (SSSR count). The zero-order valence-corrected chi connectivity index (χ0v) is 65.7. The molecule has 10 atom stereocenters. The smallest absolute Gasteiger partial charge is 0.307 e. The Balaban J connectivity index is 1.64. The number of carboxylic acids is 10. The molecule has 0 bridgehead atoms. The summed E-state index contributed by atoms with van der Waals surface area (Å²) in [6.07, 6.45) is -0.584. The number of nitrogens with zero attached hydrogens (tertiary/aromatic N) is 8. The van der Waals surface area contributed by atoms with Crippen LogP contribution in [0, 0.1) is 29.6 Å². The number of alkyl halides is 1. The van der Waals surface area contributed by atoms with Crippen molar-refractivity contribution in [3.05, 3.63) is 106 Å². The van der Waals surface area contributed by atoms with Crippen LogP contribution < -0.4 is 0 Å². The van der Waals surface area contributed by atoms with Crippen molar-refractivity contribution in [1.29, 1.82) is 0 Å². The zero-order chi connectivity index (χ0) is 80.8. The van der Waals surface area contributed by atoms with E-state index < -0.39 is 126 Å². The first-order valence-corrected chi connectivity index (χ1v) is 40.8. The summed E-state index contributed by atoms with van der Waals surface area (Å²) in [6.45, 7) is 7.39. The quantitative estimate of drug-likeness (QED) is 0.0226. The first kappa shape index (κ1) is 93.2. The molecule has 10 unspecified atom stereocenters. The third-order valence-corrected chi connectivity index (χ3v) is 22.2. The van der Waals surface area contributed by atoms with Crippen molar-refractivity contribution in [1.82, 2.24) is 39.2 Å². The van der Waals surface area contributed by atoms with Gasteiger partial charge < -0.3 is 95.0 Å². The molecule has 11 N–H and O–H groups in total. The van der Waals surface area contributed by atoms with Gasteiger partial charge in [0.2, 0.25) is 5.91 Å². The van der Waals surface area contributed by atoms with Gasteiger partial charge in [0.1, 0.15) is 0 Å². The average Bonchev–Trinajstić information content (AvgIpc) is 0.778. The largest absolute Gasteiger partial charge is 0.481 e. The number of amides is 1. The lowest BCUT2D eigenvalue weighted by Crippen LogP contribution is -2.49. The molecule has 612 valence electrons. The Labute approximate surface area is 651 Å². The summed E-state index contributed by atoms with van der Waals surface area (Å²) in [5.41, 5.74) is 2.67. The molecule has 2 aliphatic rings. The van der Waals surface area contributed by atoms with E-state index in [0.29, 0.717) is 120 Å². The van der Waals surface area contributed by atoms with Crippen molar-refractivity contribution < 1.29 is 113 Å². The molecule has 34 heteroatoms. The highest BCUT2D eigenvalue weighted by Crippen LogP contribution is 2.46. The molecule has 3 aromatic rings. The van der Waals surface area contributed by atoms with Gasteiger partial charge in [0.15, 0.2) is 0 Å². The maximum atomic E-state index is 16.5. The number of aliphatic hydroxyl groups excluding tert-OH is 1. The average molecular weight is 1600 g/mol. The Morgan fingerprint density at radius 2 is 0.709 bits per heavy atom. The number of carbonyl (C=O) groups is 11. The van der Waals surface area contributed by atoms with Crippen LogP contribution in [0.15, 0.2) is 72.8 Å². The number of aliphatic carboxylic acids is 10. The molecule has 0 radical (unpaired) electrons. The van der Waals surface area contributed by atoms with Crippen LogP contribution in [0.1, 0.15) is 135 Å². The van der Waals surface area contributed by atoms with E-state index in [1.807, 2.05) is 29.4 Å². The van der Waals surface area contributed by atoms with Gasteiger partial charge in [0.05, 0.1) is 81.3 Å². The monoisotopic (exact) mass is 1600 g/mol. The molecule has 2 aliphatic heterocycles. The van der Waals surface area contributed by atoms with Gasteiger partial charge in [0, 0.05) is 125 Å². The number of rotatable bonds is 42. The molecule has 110 heavy (non-hydrogen) atoms. The highest BCUT2D eigenvalue weighted by molar-refractivity contribution is 8.00. The summed E-state index contributed by atoms with van der Waals surface area (Å²) in [5, 5.41) is 115. The Morgan fingerprint density at radius 1 is 0.391 bits per heavy atom. The lowest BCUT2D eigenvalue weighted by molar-refractivity contribution is -0.158. The summed E-state index contributed by atoms with van der Waals surface area (Å²) in [6, 6.07) is 19.5. The summed E-state index contributed by atoms with van der Waals surface area (Å²) in [4.78, 5) is 160. The van der Waals surface area contributed by atoms with Crippen LogP contribution in [0.5, 0.6) is 0 Å². The lowest BCUT2D eigenvalue weighted by atomic mass is 9.66. The minimum absolute atomic E-state index is 0.00862. The summed E-state index contributed by atoms with van der Waals surface area (Å²) in [5.74, 6) is -25.9. The summed E-state index contributed by atoms with van der Waals surface area (Å²) < 4.78 is 6.13. The van der Waals surface area contributed by atoms with Crippen LogP contribution in [0.25, 0.3) is 0 Å². The molecule has 0 aromatic heterocycles. The second kappa shape index (κ2) is 49.9. The predicted octanol–water partition coefficient (Wildman–Crippen LogP) is 6.07. The maximum Gasteiger partial charge on any atom is 0.307 e. The summed E-state index contributed by atoms with van der Waals surface area (Å²) in [7, 11) is 2.16. The van der Waals surface area contributed by atoms with Gasteiger partial charge in [-0.05, 0) is 130 Å². The van der Waals surface area contributed by atoms with Crippen LogP contribution in [0.4, 0.5) is 0 Å². The Hall–Kier alpha value is -7.38. The number of aliphatic hydroxyl groups is 1. The van der Waals surface area contributed by atoms with Gasteiger partial charge in [-0.3, -0.25) is 57.6 Å². The standard InChI is InChI=1S/C76H113ClN8O23P2/c1-52(73(100)101)59(56-14-8-54(9-15-56)49-84-30-4-28-80(34-20-66(91)92)39-38-78(32-18-64(87)88)24-2-26-81(42-43-84)35-21-67(93)94)46-62(75(104)105)71(76(106)107)60(57-12-6-53(48-77)7-13-57)47-61(74(102)103)70(63(51-108-110-109)58-16-10-55(50-86)11-17-58)72(99)85-31-5-29-82(36-22-68(95)96)41-40-79(33-19-65(89)90)25-3-27-83(44-45-85)37-23-69(97)98/h6-17,52,59-63,70-71,86,110H,2-5,18-51,109H2,1H3,(H,87,88)(H,89,90)(H,91,92)(H,93,94)(H,95,96)(H,97,98)(H,100,101)(H,102,103)(H,104,105)(H,106,107).